The molecule has 10 heteroatoms. The van der Waals surface area contributed by atoms with Crippen LogP contribution in [-0.2, 0) is 32.0 Å². The van der Waals surface area contributed by atoms with Crippen molar-refractivity contribution in [1.82, 2.24) is 15.5 Å². The number of aliphatic hydroxyl groups excluding tert-OH is 1. The zero-order valence-electron chi connectivity index (χ0n) is 20.6. The molecule has 198 valence electrons. The molecule has 0 spiro atoms. The summed E-state index contributed by atoms with van der Waals surface area (Å²) in [6.45, 7) is -0.472. The molecule has 0 aliphatic carbocycles. The fourth-order valence-electron chi connectivity index (χ4n) is 4.49. The van der Waals surface area contributed by atoms with E-state index in [9.17, 15) is 24.3 Å². The Hall–Kier alpha value is -3.76. The number of hydrogen-bond acceptors (Lipinski definition) is 6. The van der Waals surface area contributed by atoms with Gasteiger partial charge in [-0.1, -0.05) is 60.7 Å². The molecule has 0 bridgehead atoms. The minimum absolute atomic E-state index is 0.0220. The van der Waals surface area contributed by atoms with Gasteiger partial charge in [-0.2, -0.15) is 0 Å². The summed E-state index contributed by atoms with van der Waals surface area (Å²) < 4.78 is 0. The van der Waals surface area contributed by atoms with Gasteiger partial charge >= 0.3 is 5.97 Å². The number of carbonyl (C=O) groups is 4. The number of hydrogen-bond donors (Lipinski definition) is 5. The van der Waals surface area contributed by atoms with E-state index in [0.29, 0.717) is 25.8 Å². The van der Waals surface area contributed by atoms with Crippen LogP contribution in [0.15, 0.2) is 60.7 Å². The van der Waals surface area contributed by atoms with Crippen molar-refractivity contribution in [2.75, 3.05) is 13.2 Å². The highest BCUT2D eigenvalue weighted by Crippen LogP contribution is 2.20. The Morgan fingerprint density at radius 2 is 1.51 bits per heavy atom. The maximum atomic E-state index is 13.6. The Labute approximate surface area is 215 Å². The highest BCUT2D eigenvalue weighted by molar-refractivity contribution is 5.94. The van der Waals surface area contributed by atoms with E-state index in [1.807, 2.05) is 60.7 Å². The van der Waals surface area contributed by atoms with Crippen LogP contribution >= 0.6 is 0 Å². The molecule has 6 N–H and O–H groups in total. The molecular weight excluding hydrogens is 476 g/mol. The fourth-order valence-corrected chi connectivity index (χ4v) is 4.49. The van der Waals surface area contributed by atoms with Crippen LogP contribution in [0.2, 0.25) is 0 Å². The summed E-state index contributed by atoms with van der Waals surface area (Å²) in [4.78, 5) is 51.9. The number of benzene rings is 2. The van der Waals surface area contributed by atoms with Crippen LogP contribution in [0.1, 0.15) is 30.4 Å². The van der Waals surface area contributed by atoms with Crippen LogP contribution in [0.5, 0.6) is 0 Å². The number of likely N-dealkylation sites (tertiary alicyclic amines) is 1. The third-order valence-corrected chi connectivity index (χ3v) is 6.34. The summed E-state index contributed by atoms with van der Waals surface area (Å²) in [5, 5.41) is 23.5. The van der Waals surface area contributed by atoms with Gasteiger partial charge in [-0.3, -0.25) is 14.4 Å². The number of carboxylic acids is 1. The quantitative estimate of drug-likeness (QED) is 0.273. The van der Waals surface area contributed by atoms with E-state index in [0.717, 1.165) is 11.1 Å². The first-order valence-electron chi connectivity index (χ1n) is 12.4. The van der Waals surface area contributed by atoms with Gasteiger partial charge in [0, 0.05) is 25.4 Å². The molecule has 3 rings (SSSR count). The minimum atomic E-state index is -1.46. The Balaban J connectivity index is 1.70. The summed E-state index contributed by atoms with van der Waals surface area (Å²) in [6.07, 6.45) is 1.65. The summed E-state index contributed by atoms with van der Waals surface area (Å²) in [5.41, 5.74) is 8.04. The number of nitrogens with zero attached hydrogens (tertiary/aromatic N) is 1. The number of nitrogens with two attached hydrogens (primary N) is 1. The average molecular weight is 511 g/mol. The molecule has 0 aromatic heterocycles. The minimum Gasteiger partial charge on any atom is -0.480 e. The largest absolute Gasteiger partial charge is 0.480 e. The first-order chi connectivity index (χ1) is 17.8. The van der Waals surface area contributed by atoms with Crippen molar-refractivity contribution in [3.63, 3.8) is 0 Å². The predicted octanol–water partition coefficient (Wildman–Crippen LogP) is 0.227. The summed E-state index contributed by atoms with van der Waals surface area (Å²) in [5.74, 6) is -2.82. The lowest BCUT2D eigenvalue weighted by Crippen LogP contribution is -2.56. The first kappa shape index (κ1) is 27.8. The lowest BCUT2D eigenvalue weighted by atomic mass is 10.0. The summed E-state index contributed by atoms with van der Waals surface area (Å²) in [6, 6.07) is 15.1. The third-order valence-electron chi connectivity index (χ3n) is 6.34. The highest BCUT2D eigenvalue weighted by atomic mass is 16.4. The Morgan fingerprint density at radius 3 is 2.08 bits per heavy atom. The maximum Gasteiger partial charge on any atom is 0.328 e. The number of amides is 3. The number of carbonyl (C=O) groups excluding carboxylic acids is 3. The van der Waals surface area contributed by atoms with E-state index < -0.39 is 48.6 Å². The SMILES string of the molecule is NC(CC(=O)NC(Cc1ccccc1)C(=O)N1CCCC1C(=O)NC(CO)C(=O)O)Cc1ccccc1. The number of rotatable bonds is 12. The fraction of sp³-hybridized carbons (Fsp3) is 0.407. The standard InChI is InChI=1S/C27H34N4O6/c28-20(14-18-8-3-1-4-9-18)16-24(33)29-21(15-19-10-5-2-6-11-19)26(35)31-13-7-12-23(31)25(34)30-22(17-32)27(36)37/h1-6,8-11,20-23,32H,7,12-17,28H2,(H,29,33)(H,30,34)(H,36,37). The van der Waals surface area contributed by atoms with E-state index in [2.05, 4.69) is 10.6 Å². The van der Waals surface area contributed by atoms with Gasteiger partial charge in [-0.25, -0.2) is 4.79 Å². The van der Waals surface area contributed by atoms with Crippen LogP contribution in [0.25, 0.3) is 0 Å². The molecule has 2 aromatic rings. The molecular formula is C27H34N4O6. The molecule has 1 fully saturated rings. The molecule has 4 unspecified atom stereocenters. The number of aliphatic hydroxyl groups is 1. The molecule has 4 atom stereocenters. The van der Waals surface area contributed by atoms with Gasteiger partial charge in [0.05, 0.1) is 6.61 Å². The zero-order valence-corrected chi connectivity index (χ0v) is 20.6. The van der Waals surface area contributed by atoms with Gasteiger partial charge in [0.25, 0.3) is 0 Å². The van der Waals surface area contributed by atoms with E-state index in [-0.39, 0.29) is 18.7 Å². The van der Waals surface area contributed by atoms with Gasteiger partial charge in [0.15, 0.2) is 0 Å². The van der Waals surface area contributed by atoms with Gasteiger partial charge in [-0.15, -0.1) is 0 Å². The summed E-state index contributed by atoms with van der Waals surface area (Å²) in [7, 11) is 0. The molecule has 0 saturated carbocycles. The molecule has 3 amide bonds. The second-order valence-corrected chi connectivity index (χ2v) is 9.24. The lowest BCUT2D eigenvalue weighted by Gasteiger charge is -2.29. The van der Waals surface area contributed by atoms with Crippen LogP contribution in [0.4, 0.5) is 0 Å². The molecule has 1 aliphatic rings. The second-order valence-electron chi connectivity index (χ2n) is 9.24. The number of aliphatic carboxylic acids is 1. The van der Waals surface area contributed by atoms with Crippen molar-refractivity contribution in [3.8, 4) is 0 Å². The van der Waals surface area contributed by atoms with Crippen molar-refractivity contribution in [1.29, 1.82) is 0 Å². The lowest BCUT2D eigenvalue weighted by molar-refractivity contribution is -0.145. The van der Waals surface area contributed by atoms with Gasteiger partial charge in [-0.05, 0) is 30.4 Å². The normalized spacial score (nSPS) is 17.5. The Bertz CT molecular complexity index is 1070. The first-order valence-corrected chi connectivity index (χ1v) is 12.4. The van der Waals surface area contributed by atoms with Crippen LogP contribution < -0.4 is 16.4 Å². The van der Waals surface area contributed by atoms with Gasteiger partial charge in [0.1, 0.15) is 18.1 Å². The van der Waals surface area contributed by atoms with Crippen molar-refractivity contribution in [2.24, 2.45) is 5.73 Å². The topological polar surface area (TPSA) is 162 Å². The van der Waals surface area contributed by atoms with Crippen molar-refractivity contribution >= 4 is 23.7 Å². The molecule has 1 heterocycles. The molecule has 2 aromatic carbocycles. The average Bonchev–Trinajstić information content (AvgIpc) is 3.37. The highest BCUT2D eigenvalue weighted by Gasteiger charge is 2.38. The Kier molecular flexibility index (Phi) is 10.2. The molecule has 37 heavy (non-hydrogen) atoms. The van der Waals surface area contributed by atoms with Crippen LogP contribution in [0.3, 0.4) is 0 Å². The molecule has 0 radical (unpaired) electrons. The maximum absolute atomic E-state index is 13.6. The van der Waals surface area contributed by atoms with Gasteiger partial charge in [0.2, 0.25) is 17.7 Å². The van der Waals surface area contributed by atoms with Gasteiger partial charge < -0.3 is 31.5 Å². The van der Waals surface area contributed by atoms with E-state index in [4.69, 9.17) is 10.8 Å². The molecule has 1 aliphatic heterocycles. The van der Waals surface area contributed by atoms with Crippen molar-refractivity contribution in [2.45, 2.75) is 56.3 Å². The van der Waals surface area contributed by atoms with Crippen LogP contribution in [0, 0.1) is 0 Å². The second kappa shape index (κ2) is 13.5. The van der Waals surface area contributed by atoms with E-state index >= 15 is 0 Å². The Morgan fingerprint density at radius 1 is 0.919 bits per heavy atom. The van der Waals surface area contributed by atoms with E-state index in [1.54, 1.807) is 0 Å². The summed E-state index contributed by atoms with van der Waals surface area (Å²) >= 11 is 0. The van der Waals surface area contributed by atoms with Crippen molar-refractivity contribution < 1.29 is 29.4 Å². The molecule has 10 nitrogen and oxygen atoms in total. The van der Waals surface area contributed by atoms with Crippen molar-refractivity contribution in [3.05, 3.63) is 71.8 Å². The third kappa shape index (κ3) is 8.12. The smallest absolute Gasteiger partial charge is 0.328 e. The predicted molar refractivity (Wildman–Crippen MR) is 136 cm³/mol. The van der Waals surface area contributed by atoms with E-state index in [1.165, 1.54) is 4.90 Å². The molecule has 1 saturated heterocycles. The number of carboxylic acid groups (broad SMARTS) is 1. The zero-order chi connectivity index (χ0) is 26.8. The monoisotopic (exact) mass is 510 g/mol. The number of nitrogens with one attached hydrogen (secondary N) is 2. The van der Waals surface area contributed by atoms with Crippen LogP contribution in [-0.4, -0.2) is 76.1 Å².